The Morgan fingerprint density at radius 3 is 2.33 bits per heavy atom. The van der Waals surface area contributed by atoms with E-state index in [4.69, 9.17) is 24.1 Å². The highest BCUT2D eigenvalue weighted by atomic mass is 32.1. The lowest BCUT2D eigenvalue weighted by molar-refractivity contribution is -0.137. The maximum absolute atomic E-state index is 13.7. The third kappa shape index (κ3) is 4.34. The molecular weight excluding hydrogens is 539 g/mol. The second kappa shape index (κ2) is 9.78. The van der Waals surface area contributed by atoms with Crippen LogP contribution in [-0.2, 0) is 11.0 Å². The molecule has 1 aliphatic heterocycles. The summed E-state index contributed by atoms with van der Waals surface area (Å²) in [7, 11) is 0. The topological polar surface area (TPSA) is 80.8 Å². The molecule has 1 saturated carbocycles. The molecule has 200 valence electrons. The molecule has 1 spiro atoms. The van der Waals surface area contributed by atoms with Crippen molar-refractivity contribution in [3.63, 3.8) is 0 Å². The molecule has 0 radical (unpaired) electrons. The summed E-state index contributed by atoms with van der Waals surface area (Å²) in [5, 5.41) is 11.9. The van der Waals surface area contributed by atoms with E-state index >= 15 is 0 Å². The van der Waals surface area contributed by atoms with E-state index in [0.29, 0.717) is 35.0 Å². The Labute approximate surface area is 233 Å². The summed E-state index contributed by atoms with van der Waals surface area (Å²) in [5.74, 6) is -0.721. The Balaban J connectivity index is 1.39. The van der Waals surface area contributed by atoms with E-state index in [1.54, 1.807) is 37.3 Å². The fourth-order valence-corrected chi connectivity index (χ4v) is 5.51. The molecule has 3 aromatic rings. The summed E-state index contributed by atoms with van der Waals surface area (Å²) in [6, 6.07) is 15.9. The average molecular weight is 560 g/mol. The summed E-state index contributed by atoms with van der Waals surface area (Å²) in [6.07, 6.45) is -2.61. The molecule has 0 atom stereocenters. The summed E-state index contributed by atoms with van der Waals surface area (Å²) >= 11 is 5.77. The van der Waals surface area contributed by atoms with Crippen LogP contribution in [0.15, 0.2) is 60.7 Å². The first kappa shape index (κ1) is 26.9. The van der Waals surface area contributed by atoms with Crippen molar-refractivity contribution in [3.8, 4) is 6.07 Å². The Morgan fingerprint density at radius 2 is 1.77 bits per heavy atom. The van der Waals surface area contributed by atoms with Gasteiger partial charge in [0.2, 0.25) is 0 Å². The molecule has 2 amide bonds. The number of hydrogen-bond donors (Lipinski definition) is 1. The third-order valence-corrected chi connectivity index (χ3v) is 7.61. The molecule has 1 N–H and O–H groups in total. The Morgan fingerprint density at radius 1 is 1.10 bits per heavy atom. The number of thiocarbonyl (C=S) groups is 1. The lowest BCUT2D eigenvalue weighted by atomic mass is 9.75. The molecule has 7 nitrogen and oxygen atoms in total. The van der Waals surface area contributed by atoms with Crippen molar-refractivity contribution in [2.75, 3.05) is 15.1 Å². The maximum Gasteiger partial charge on any atom is 0.417 e. The first-order chi connectivity index (χ1) is 19.0. The summed E-state index contributed by atoms with van der Waals surface area (Å²) < 4.78 is 39.2. The number of carbonyl (C=O) groups is 2. The second-order valence-corrected chi connectivity index (χ2v) is 9.96. The van der Waals surface area contributed by atoms with Gasteiger partial charge < -0.3 is 10.2 Å². The normalized spacial score (nSPS) is 15.9. The van der Waals surface area contributed by atoms with Gasteiger partial charge in [-0.05, 0) is 98.6 Å². The number of alkyl halides is 3. The standard InChI is InChI=1S/C29H20F3N5O2S/c1-17-14-22(9-11-24(17)34-2)36-26(39)28(12-3-13-28)37(27(36)40)21-7-4-18(5-8-21)25(38)35-20-6-10-23(29(30,31)32)19(15-20)16-33/h4-11,14-15H,3,12-13H2,1H3,(H,35,38). The Hall–Kier alpha value is -4.74. The van der Waals surface area contributed by atoms with Crippen LogP contribution in [0.2, 0.25) is 0 Å². The number of rotatable bonds is 4. The van der Waals surface area contributed by atoms with Crippen LogP contribution in [0.4, 0.5) is 35.9 Å². The fourth-order valence-electron chi connectivity index (χ4n) is 5.04. The van der Waals surface area contributed by atoms with E-state index in [0.717, 1.165) is 30.2 Å². The zero-order chi connectivity index (χ0) is 28.8. The van der Waals surface area contributed by atoms with Gasteiger partial charge in [-0.2, -0.15) is 18.4 Å². The molecule has 3 aromatic carbocycles. The predicted molar refractivity (Wildman–Crippen MR) is 147 cm³/mol. The van der Waals surface area contributed by atoms with Gasteiger partial charge in [-0.1, -0.05) is 6.07 Å². The number of benzene rings is 3. The smallest absolute Gasteiger partial charge is 0.322 e. The molecule has 0 aromatic heterocycles. The summed E-state index contributed by atoms with van der Waals surface area (Å²) in [4.78, 5) is 33.3. The lowest BCUT2D eigenvalue weighted by Gasteiger charge is -2.43. The van der Waals surface area contributed by atoms with E-state index in [2.05, 4.69) is 10.2 Å². The van der Waals surface area contributed by atoms with Gasteiger partial charge in [0.05, 0.1) is 23.8 Å². The van der Waals surface area contributed by atoms with Gasteiger partial charge in [0, 0.05) is 22.6 Å². The lowest BCUT2D eigenvalue weighted by Crippen LogP contribution is -2.55. The van der Waals surface area contributed by atoms with Crippen molar-refractivity contribution in [1.29, 1.82) is 5.26 Å². The second-order valence-electron chi connectivity index (χ2n) is 9.60. The molecule has 5 rings (SSSR count). The fraction of sp³-hybridized carbons (Fsp3) is 0.207. The van der Waals surface area contributed by atoms with Crippen molar-refractivity contribution in [2.45, 2.75) is 37.9 Å². The molecule has 1 aliphatic carbocycles. The van der Waals surface area contributed by atoms with Crippen LogP contribution in [-0.4, -0.2) is 22.5 Å². The minimum absolute atomic E-state index is 0.0496. The molecule has 2 fully saturated rings. The van der Waals surface area contributed by atoms with E-state index < -0.39 is 28.7 Å². The third-order valence-electron chi connectivity index (χ3n) is 7.24. The van der Waals surface area contributed by atoms with Crippen molar-refractivity contribution in [1.82, 2.24) is 0 Å². The van der Waals surface area contributed by atoms with Crippen LogP contribution >= 0.6 is 12.2 Å². The van der Waals surface area contributed by atoms with Crippen LogP contribution in [0.5, 0.6) is 0 Å². The first-order valence-corrected chi connectivity index (χ1v) is 12.6. The monoisotopic (exact) mass is 559 g/mol. The van der Waals surface area contributed by atoms with E-state index in [1.807, 2.05) is 4.90 Å². The zero-order valence-electron chi connectivity index (χ0n) is 21.0. The highest BCUT2D eigenvalue weighted by Gasteiger charge is 2.59. The van der Waals surface area contributed by atoms with Gasteiger partial charge in [0.15, 0.2) is 10.8 Å². The molecule has 11 heteroatoms. The first-order valence-electron chi connectivity index (χ1n) is 12.2. The van der Waals surface area contributed by atoms with Gasteiger partial charge in [-0.15, -0.1) is 0 Å². The van der Waals surface area contributed by atoms with Gasteiger partial charge in [-0.25, -0.2) is 4.85 Å². The van der Waals surface area contributed by atoms with Gasteiger partial charge >= 0.3 is 6.18 Å². The number of nitrogens with one attached hydrogen (secondary N) is 1. The SMILES string of the molecule is [C-]#[N+]c1ccc(N2C(=O)C3(CCC3)N(c3ccc(C(=O)Nc4ccc(C(F)(F)F)c(C#N)c4)cc3)C2=S)cc1C. The van der Waals surface area contributed by atoms with Crippen molar-refractivity contribution >= 4 is 51.9 Å². The summed E-state index contributed by atoms with van der Waals surface area (Å²) in [5.41, 5.74) is 0.191. The molecule has 40 heavy (non-hydrogen) atoms. The highest BCUT2D eigenvalue weighted by molar-refractivity contribution is 7.81. The van der Waals surface area contributed by atoms with E-state index in [9.17, 15) is 22.8 Å². The highest BCUT2D eigenvalue weighted by Crippen LogP contribution is 2.48. The van der Waals surface area contributed by atoms with Crippen molar-refractivity contribution in [2.24, 2.45) is 0 Å². The number of amides is 2. The minimum atomic E-state index is -4.69. The van der Waals surface area contributed by atoms with Crippen molar-refractivity contribution in [3.05, 3.63) is 94.3 Å². The Kier molecular flexibility index (Phi) is 6.56. The quantitative estimate of drug-likeness (QED) is 0.283. The molecule has 2 aliphatic rings. The van der Waals surface area contributed by atoms with Crippen LogP contribution in [0, 0.1) is 24.8 Å². The molecule has 1 heterocycles. The largest absolute Gasteiger partial charge is 0.417 e. The van der Waals surface area contributed by atoms with Crippen LogP contribution < -0.4 is 15.1 Å². The number of aryl methyl sites for hydroxylation is 1. The Bertz CT molecular complexity index is 1650. The number of hydrogen-bond acceptors (Lipinski definition) is 4. The molecule has 0 unspecified atom stereocenters. The number of carbonyl (C=O) groups excluding carboxylic acids is 2. The van der Waals surface area contributed by atoms with Crippen LogP contribution in [0.1, 0.15) is 46.3 Å². The van der Waals surface area contributed by atoms with E-state index in [1.165, 1.54) is 23.1 Å². The minimum Gasteiger partial charge on any atom is -0.322 e. The van der Waals surface area contributed by atoms with Crippen LogP contribution in [0.25, 0.3) is 4.85 Å². The zero-order valence-corrected chi connectivity index (χ0v) is 21.9. The predicted octanol–water partition coefficient (Wildman–Crippen LogP) is 6.75. The number of anilines is 3. The molecule has 0 bridgehead atoms. The van der Waals surface area contributed by atoms with Crippen LogP contribution in [0.3, 0.4) is 0 Å². The number of nitriles is 1. The number of halogens is 3. The molecule has 1 saturated heterocycles. The molecular formula is C29H20F3N5O2S. The average Bonchev–Trinajstić information content (AvgIpc) is 3.14. The maximum atomic E-state index is 13.7. The number of nitrogens with zero attached hydrogens (tertiary/aromatic N) is 4. The van der Waals surface area contributed by atoms with Gasteiger partial charge in [0.1, 0.15) is 5.54 Å². The van der Waals surface area contributed by atoms with Crippen molar-refractivity contribution < 1.29 is 22.8 Å². The summed E-state index contributed by atoms with van der Waals surface area (Å²) in [6.45, 7) is 9.08. The van der Waals surface area contributed by atoms with Gasteiger partial charge in [-0.3, -0.25) is 14.5 Å². The van der Waals surface area contributed by atoms with E-state index in [-0.39, 0.29) is 17.2 Å². The van der Waals surface area contributed by atoms with Gasteiger partial charge in [0.25, 0.3) is 11.8 Å².